The molecule has 0 aliphatic carbocycles. The lowest BCUT2D eigenvalue weighted by atomic mass is 9.91. The number of rotatable bonds is 4. The summed E-state index contributed by atoms with van der Waals surface area (Å²) in [6.45, 7) is 3.99. The molecule has 2 nitrogen and oxygen atoms in total. The van der Waals surface area contributed by atoms with Crippen LogP contribution in [0.15, 0.2) is 54.6 Å². The van der Waals surface area contributed by atoms with Crippen LogP contribution in [-0.4, -0.2) is 18.0 Å². The maximum atomic E-state index is 5.68. The largest absolute Gasteiger partial charge is 0.326 e. The van der Waals surface area contributed by atoms with Crippen LogP contribution in [0.25, 0.3) is 0 Å². The molecule has 2 heteroatoms. The van der Waals surface area contributed by atoms with Crippen molar-refractivity contribution < 1.29 is 0 Å². The molecule has 1 aliphatic heterocycles. The number of nitrogens with zero attached hydrogens (tertiary/aromatic N) is 1. The average molecular weight is 252 g/mol. The summed E-state index contributed by atoms with van der Waals surface area (Å²) in [4.78, 5) is 2.49. The third kappa shape index (κ3) is 2.86. The Labute approximate surface area is 114 Å². The minimum Gasteiger partial charge on any atom is -0.326 e. The molecular formula is C17H20N2. The van der Waals surface area contributed by atoms with Gasteiger partial charge in [-0.1, -0.05) is 54.6 Å². The van der Waals surface area contributed by atoms with Crippen molar-refractivity contribution in [2.45, 2.75) is 19.0 Å². The van der Waals surface area contributed by atoms with E-state index in [9.17, 15) is 0 Å². The van der Waals surface area contributed by atoms with Gasteiger partial charge < -0.3 is 5.73 Å². The van der Waals surface area contributed by atoms with Crippen molar-refractivity contribution >= 4 is 0 Å². The third-order valence-electron chi connectivity index (χ3n) is 3.86. The molecule has 0 atom stereocenters. The van der Waals surface area contributed by atoms with E-state index in [-0.39, 0.29) is 0 Å². The van der Waals surface area contributed by atoms with Gasteiger partial charge in [-0.15, -0.1) is 0 Å². The molecule has 2 aromatic rings. The first kappa shape index (κ1) is 12.4. The lowest BCUT2D eigenvalue weighted by Crippen LogP contribution is -2.44. The Morgan fingerprint density at radius 3 is 2.42 bits per heavy atom. The molecular weight excluding hydrogens is 232 g/mol. The van der Waals surface area contributed by atoms with Crippen LogP contribution in [0.3, 0.4) is 0 Å². The Bertz CT molecular complexity index is 530. The molecule has 0 aromatic heterocycles. The summed E-state index contributed by atoms with van der Waals surface area (Å²) in [6.07, 6.45) is 0. The molecule has 0 bridgehead atoms. The van der Waals surface area contributed by atoms with Crippen molar-refractivity contribution in [2.24, 2.45) is 5.73 Å². The second kappa shape index (κ2) is 5.55. The van der Waals surface area contributed by atoms with Crippen LogP contribution in [0.5, 0.6) is 0 Å². The Balaban J connectivity index is 1.56. The molecule has 0 spiro atoms. The Morgan fingerprint density at radius 2 is 1.68 bits per heavy atom. The van der Waals surface area contributed by atoms with Crippen LogP contribution in [0.1, 0.15) is 22.6 Å². The average Bonchev–Trinajstić information content (AvgIpc) is 2.43. The molecule has 0 amide bonds. The monoisotopic (exact) mass is 252 g/mol. The zero-order valence-corrected chi connectivity index (χ0v) is 11.1. The molecule has 1 aliphatic rings. The molecule has 1 heterocycles. The van der Waals surface area contributed by atoms with Gasteiger partial charge in [0.15, 0.2) is 0 Å². The number of nitrogens with two attached hydrogens (primary N) is 1. The zero-order chi connectivity index (χ0) is 13.1. The van der Waals surface area contributed by atoms with Crippen LogP contribution < -0.4 is 5.73 Å². The second-order valence-electron chi connectivity index (χ2n) is 5.33. The molecule has 1 fully saturated rings. The number of hydrogen-bond donors (Lipinski definition) is 1. The molecule has 98 valence electrons. The van der Waals surface area contributed by atoms with Gasteiger partial charge in [0.1, 0.15) is 0 Å². The minimum absolute atomic E-state index is 0.625. The van der Waals surface area contributed by atoms with Crippen LogP contribution >= 0.6 is 0 Å². The fourth-order valence-corrected chi connectivity index (χ4v) is 2.75. The third-order valence-corrected chi connectivity index (χ3v) is 3.86. The van der Waals surface area contributed by atoms with E-state index in [1.807, 2.05) is 0 Å². The summed E-state index contributed by atoms with van der Waals surface area (Å²) in [5.41, 5.74) is 9.74. The SMILES string of the molecule is NCc1cccc(CN2CC(c3ccccc3)C2)c1. The van der Waals surface area contributed by atoms with Gasteiger partial charge >= 0.3 is 0 Å². The number of benzene rings is 2. The van der Waals surface area contributed by atoms with Gasteiger partial charge in [-0.25, -0.2) is 0 Å². The second-order valence-corrected chi connectivity index (χ2v) is 5.33. The summed E-state index contributed by atoms with van der Waals surface area (Å²) in [7, 11) is 0. The summed E-state index contributed by atoms with van der Waals surface area (Å²) in [6, 6.07) is 19.4. The van der Waals surface area contributed by atoms with E-state index in [1.165, 1.54) is 16.7 Å². The Morgan fingerprint density at radius 1 is 0.947 bits per heavy atom. The first-order chi connectivity index (χ1) is 9.35. The smallest absolute Gasteiger partial charge is 0.0234 e. The summed E-state index contributed by atoms with van der Waals surface area (Å²) in [5, 5.41) is 0. The fourth-order valence-electron chi connectivity index (χ4n) is 2.75. The quantitative estimate of drug-likeness (QED) is 0.906. The van der Waals surface area contributed by atoms with Crippen LogP contribution in [0.2, 0.25) is 0 Å². The summed E-state index contributed by atoms with van der Waals surface area (Å²) >= 11 is 0. The van der Waals surface area contributed by atoms with Crippen molar-refractivity contribution in [3.8, 4) is 0 Å². The molecule has 2 N–H and O–H groups in total. The number of hydrogen-bond acceptors (Lipinski definition) is 2. The van der Waals surface area contributed by atoms with Crippen molar-refractivity contribution in [3.63, 3.8) is 0 Å². The van der Waals surface area contributed by atoms with E-state index in [0.717, 1.165) is 19.6 Å². The molecule has 2 aromatic carbocycles. The Kier molecular flexibility index (Phi) is 3.62. The lowest BCUT2D eigenvalue weighted by molar-refractivity contribution is 0.139. The van der Waals surface area contributed by atoms with Gasteiger partial charge in [-0.2, -0.15) is 0 Å². The molecule has 19 heavy (non-hydrogen) atoms. The van der Waals surface area contributed by atoms with E-state index in [2.05, 4.69) is 59.5 Å². The van der Waals surface area contributed by atoms with Gasteiger partial charge in [0, 0.05) is 32.1 Å². The van der Waals surface area contributed by atoms with Crippen LogP contribution in [0, 0.1) is 0 Å². The first-order valence-corrected chi connectivity index (χ1v) is 6.90. The van der Waals surface area contributed by atoms with Gasteiger partial charge in [0.05, 0.1) is 0 Å². The van der Waals surface area contributed by atoms with E-state index >= 15 is 0 Å². The molecule has 1 saturated heterocycles. The fraction of sp³-hybridized carbons (Fsp3) is 0.294. The van der Waals surface area contributed by atoms with Crippen molar-refractivity contribution in [1.82, 2.24) is 4.90 Å². The molecule has 0 radical (unpaired) electrons. The highest BCUT2D eigenvalue weighted by molar-refractivity contribution is 5.25. The first-order valence-electron chi connectivity index (χ1n) is 6.90. The van der Waals surface area contributed by atoms with Gasteiger partial charge in [-0.05, 0) is 16.7 Å². The minimum atomic E-state index is 0.625. The van der Waals surface area contributed by atoms with E-state index in [0.29, 0.717) is 12.5 Å². The maximum Gasteiger partial charge on any atom is 0.0234 e. The van der Waals surface area contributed by atoms with Crippen molar-refractivity contribution in [1.29, 1.82) is 0 Å². The summed E-state index contributed by atoms with van der Waals surface area (Å²) in [5.74, 6) is 0.707. The van der Waals surface area contributed by atoms with Crippen molar-refractivity contribution in [2.75, 3.05) is 13.1 Å². The molecule has 3 rings (SSSR count). The van der Waals surface area contributed by atoms with E-state index in [4.69, 9.17) is 5.73 Å². The van der Waals surface area contributed by atoms with Gasteiger partial charge in [0.25, 0.3) is 0 Å². The van der Waals surface area contributed by atoms with Crippen LogP contribution in [-0.2, 0) is 13.1 Å². The van der Waals surface area contributed by atoms with Gasteiger partial charge in [-0.3, -0.25) is 4.90 Å². The van der Waals surface area contributed by atoms with E-state index in [1.54, 1.807) is 0 Å². The standard InChI is InChI=1S/C17H20N2/c18-10-14-5-4-6-15(9-14)11-19-12-17(13-19)16-7-2-1-3-8-16/h1-9,17H,10-13,18H2. The predicted molar refractivity (Wildman–Crippen MR) is 78.8 cm³/mol. The predicted octanol–water partition coefficient (Wildman–Crippen LogP) is 2.74. The lowest BCUT2D eigenvalue weighted by Gasteiger charge is -2.39. The normalized spacial score (nSPS) is 16.3. The summed E-state index contributed by atoms with van der Waals surface area (Å²) < 4.78 is 0. The van der Waals surface area contributed by atoms with Gasteiger partial charge in [0.2, 0.25) is 0 Å². The zero-order valence-electron chi connectivity index (χ0n) is 11.1. The van der Waals surface area contributed by atoms with E-state index < -0.39 is 0 Å². The molecule has 0 unspecified atom stereocenters. The van der Waals surface area contributed by atoms with Crippen LogP contribution in [0.4, 0.5) is 0 Å². The number of likely N-dealkylation sites (tertiary alicyclic amines) is 1. The highest BCUT2D eigenvalue weighted by Gasteiger charge is 2.27. The topological polar surface area (TPSA) is 29.3 Å². The highest BCUT2D eigenvalue weighted by Crippen LogP contribution is 2.28. The molecule has 0 saturated carbocycles. The Hall–Kier alpha value is -1.64. The highest BCUT2D eigenvalue weighted by atomic mass is 15.2. The maximum absolute atomic E-state index is 5.68. The van der Waals surface area contributed by atoms with Crippen molar-refractivity contribution in [3.05, 3.63) is 71.3 Å².